The lowest BCUT2D eigenvalue weighted by Crippen LogP contribution is -2.40. The Hall–Kier alpha value is -2.70. The molecule has 10 nitrogen and oxygen atoms in total. The van der Waals surface area contributed by atoms with Crippen LogP contribution >= 0.6 is 11.8 Å². The molecule has 3 heterocycles. The van der Waals surface area contributed by atoms with Crippen molar-refractivity contribution in [3.63, 3.8) is 0 Å². The van der Waals surface area contributed by atoms with Crippen LogP contribution in [0.3, 0.4) is 0 Å². The molecule has 2 aromatic heterocycles. The fourth-order valence-corrected chi connectivity index (χ4v) is 5.21. The van der Waals surface area contributed by atoms with Crippen LogP contribution < -0.4 is 15.4 Å². The number of hydrogen-bond donors (Lipinski definition) is 3. The molecule has 1 saturated carbocycles. The van der Waals surface area contributed by atoms with E-state index in [2.05, 4.69) is 25.3 Å². The zero-order chi connectivity index (χ0) is 21.1. The van der Waals surface area contributed by atoms with Crippen molar-refractivity contribution in [2.45, 2.75) is 42.9 Å². The number of nitrogens with zero attached hydrogens (tertiary/aromatic N) is 2. The van der Waals surface area contributed by atoms with Gasteiger partial charge in [0.25, 0.3) is 21.2 Å². The monoisotopic (exact) mass is 449 g/mol. The summed E-state index contributed by atoms with van der Waals surface area (Å²) in [6, 6.07) is 4.54. The van der Waals surface area contributed by atoms with Gasteiger partial charge in [-0.2, -0.15) is 0 Å². The van der Waals surface area contributed by atoms with Gasteiger partial charge in [0, 0.05) is 18.3 Å². The second kappa shape index (κ2) is 8.58. The Morgan fingerprint density at radius 2 is 1.93 bits per heavy atom. The third-order valence-corrected chi connectivity index (χ3v) is 6.96. The van der Waals surface area contributed by atoms with Gasteiger partial charge in [0.2, 0.25) is 11.0 Å². The van der Waals surface area contributed by atoms with Gasteiger partial charge in [-0.05, 0) is 61.7 Å². The molecule has 2 aromatic rings. The van der Waals surface area contributed by atoms with Crippen molar-refractivity contribution in [1.82, 2.24) is 20.0 Å². The first-order chi connectivity index (χ1) is 14.4. The second-order valence-electron chi connectivity index (χ2n) is 6.90. The molecule has 0 atom stereocenters. The highest BCUT2D eigenvalue weighted by Crippen LogP contribution is 2.26. The first-order valence-electron chi connectivity index (χ1n) is 9.29. The fourth-order valence-electron chi connectivity index (χ4n) is 3.31. The number of amides is 2. The summed E-state index contributed by atoms with van der Waals surface area (Å²) in [6.45, 7) is 0. The number of hydrogen-bond acceptors (Lipinski definition) is 9. The predicted molar refractivity (Wildman–Crippen MR) is 110 cm³/mol. The first-order valence-corrected chi connectivity index (χ1v) is 11.6. The molecular weight excluding hydrogens is 430 g/mol. The summed E-state index contributed by atoms with van der Waals surface area (Å²) in [4.78, 5) is 31.8. The standard InChI is InChI=1S/C18H19N5O5S2/c24-16-14(29-18(25)22-16)10-13-7-8-19-17(21-13)20-11-3-5-12(6-4-11)23-30(26,27)15-2-1-9-28-15/h1-2,7-12,23H,3-6H2,(H,19,20,21)(H,22,24,25)/b14-10-. The number of aromatic nitrogens is 2. The molecule has 1 aliphatic carbocycles. The summed E-state index contributed by atoms with van der Waals surface area (Å²) >= 11 is 0.832. The minimum atomic E-state index is -3.65. The Morgan fingerprint density at radius 1 is 1.17 bits per heavy atom. The number of furan rings is 1. The number of nitrogens with one attached hydrogen (secondary N) is 3. The molecule has 12 heteroatoms. The van der Waals surface area contributed by atoms with Crippen molar-refractivity contribution in [2.24, 2.45) is 0 Å². The third-order valence-electron chi connectivity index (χ3n) is 4.74. The average Bonchev–Trinajstić information content (AvgIpc) is 3.34. The number of thioether (sulfide) groups is 1. The summed E-state index contributed by atoms with van der Waals surface area (Å²) in [5.74, 6) is -0.0212. The number of sulfonamides is 1. The summed E-state index contributed by atoms with van der Waals surface area (Å²) in [6.07, 6.45) is 7.26. The quantitative estimate of drug-likeness (QED) is 0.565. The number of anilines is 1. The van der Waals surface area contributed by atoms with Gasteiger partial charge in [0.05, 0.1) is 16.9 Å². The van der Waals surface area contributed by atoms with Gasteiger partial charge in [-0.1, -0.05) is 0 Å². The summed E-state index contributed by atoms with van der Waals surface area (Å²) in [7, 11) is -3.65. The number of carbonyl (C=O) groups is 2. The topological polar surface area (TPSA) is 143 Å². The number of rotatable bonds is 6. The lowest BCUT2D eigenvalue weighted by Gasteiger charge is -2.29. The van der Waals surface area contributed by atoms with Gasteiger partial charge in [-0.25, -0.2) is 23.1 Å². The van der Waals surface area contributed by atoms with E-state index >= 15 is 0 Å². The van der Waals surface area contributed by atoms with Gasteiger partial charge < -0.3 is 9.73 Å². The van der Waals surface area contributed by atoms with Crippen LogP contribution in [0.2, 0.25) is 0 Å². The second-order valence-corrected chi connectivity index (χ2v) is 9.56. The highest BCUT2D eigenvalue weighted by Gasteiger charge is 2.28. The lowest BCUT2D eigenvalue weighted by molar-refractivity contribution is -0.115. The van der Waals surface area contributed by atoms with Crippen LogP contribution in [0.15, 0.2) is 45.1 Å². The fraction of sp³-hybridized carbons (Fsp3) is 0.333. The predicted octanol–water partition coefficient (Wildman–Crippen LogP) is 2.10. The van der Waals surface area contributed by atoms with E-state index in [1.807, 2.05) is 0 Å². The zero-order valence-electron chi connectivity index (χ0n) is 15.7. The molecule has 1 saturated heterocycles. The maximum absolute atomic E-state index is 12.3. The van der Waals surface area contributed by atoms with E-state index in [9.17, 15) is 18.0 Å². The summed E-state index contributed by atoms with van der Waals surface area (Å²) < 4.78 is 32.2. The number of imide groups is 1. The van der Waals surface area contributed by atoms with Crippen molar-refractivity contribution in [1.29, 1.82) is 0 Å². The molecule has 0 spiro atoms. The molecule has 30 heavy (non-hydrogen) atoms. The van der Waals surface area contributed by atoms with Crippen LogP contribution in [0.5, 0.6) is 0 Å². The maximum atomic E-state index is 12.3. The van der Waals surface area contributed by atoms with Gasteiger partial charge in [0.1, 0.15) is 0 Å². The molecule has 3 N–H and O–H groups in total. The van der Waals surface area contributed by atoms with Crippen LogP contribution in [-0.2, 0) is 14.8 Å². The van der Waals surface area contributed by atoms with Crippen molar-refractivity contribution < 1.29 is 22.4 Å². The Kier molecular flexibility index (Phi) is 5.88. The van der Waals surface area contributed by atoms with E-state index in [-0.39, 0.29) is 22.1 Å². The molecule has 1 aliphatic heterocycles. The normalized spacial score (nSPS) is 23.5. The van der Waals surface area contributed by atoms with Gasteiger partial charge >= 0.3 is 0 Å². The number of carbonyl (C=O) groups excluding carboxylic acids is 2. The molecule has 0 unspecified atom stereocenters. The van der Waals surface area contributed by atoms with Crippen LogP contribution in [0.4, 0.5) is 10.7 Å². The van der Waals surface area contributed by atoms with E-state index in [0.717, 1.165) is 24.6 Å². The Bertz CT molecular complexity index is 1080. The van der Waals surface area contributed by atoms with E-state index < -0.39 is 21.2 Å². The molecule has 2 fully saturated rings. The smallest absolute Gasteiger partial charge is 0.290 e. The van der Waals surface area contributed by atoms with Crippen LogP contribution in [0.1, 0.15) is 31.4 Å². The Morgan fingerprint density at radius 3 is 2.60 bits per heavy atom. The molecule has 4 rings (SSSR count). The van der Waals surface area contributed by atoms with Gasteiger partial charge in [-0.15, -0.1) is 0 Å². The minimum absolute atomic E-state index is 0.0853. The largest absolute Gasteiger partial charge is 0.452 e. The Labute approximate surface area is 177 Å². The van der Waals surface area contributed by atoms with E-state index in [0.29, 0.717) is 24.5 Å². The molecule has 2 amide bonds. The van der Waals surface area contributed by atoms with Crippen molar-refractivity contribution in [3.8, 4) is 0 Å². The summed E-state index contributed by atoms with van der Waals surface area (Å²) in [5, 5.41) is 4.97. The van der Waals surface area contributed by atoms with Crippen LogP contribution in [0.25, 0.3) is 6.08 Å². The molecule has 2 aliphatic rings. The average molecular weight is 450 g/mol. The SMILES string of the molecule is O=C1NC(=O)/C(=C/c2ccnc(NC3CCC(NS(=O)(=O)c4ccco4)CC3)n2)S1. The van der Waals surface area contributed by atoms with Gasteiger partial charge in [-0.3, -0.25) is 14.9 Å². The highest BCUT2D eigenvalue weighted by atomic mass is 32.2. The lowest BCUT2D eigenvalue weighted by atomic mass is 9.92. The van der Waals surface area contributed by atoms with E-state index in [4.69, 9.17) is 4.42 Å². The van der Waals surface area contributed by atoms with E-state index in [1.54, 1.807) is 12.3 Å². The van der Waals surface area contributed by atoms with Crippen molar-refractivity contribution in [2.75, 3.05) is 5.32 Å². The van der Waals surface area contributed by atoms with Crippen LogP contribution in [0, 0.1) is 0 Å². The van der Waals surface area contributed by atoms with Crippen molar-refractivity contribution in [3.05, 3.63) is 41.3 Å². The third kappa shape index (κ3) is 4.89. The molecule has 0 aromatic carbocycles. The van der Waals surface area contributed by atoms with Gasteiger partial charge in [0.15, 0.2) is 0 Å². The first kappa shape index (κ1) is 20.6. The van der Waals surface area contributed by atoms with E-state index in [1.165, 1.54) is 24.5 Å². The maximum Gasteiger partial charge on any atom is 0.290 e. The van der Waals surface area contributed by atoms with Crippen molar-refractivity contribution >= 4 is 45.0 Å². The molecular formula is C18H19N5O5S2. The highest BCUT2D eigenvalue weighted by molar-refractivity contribution is 8.18. The molecule has 158 valence electrons. The Balaban J connectivity index is 1.33. The summed E-state index contributed by atoms with van der Waals surface area (Å²) in [5.41, 5.74) is 0.514. The minimum Gasteiger partial charge on any atom is -0.452 e. The van der Waals surface area contributed by atoms with Crippen LogP contribution in [-0.4, -0.2) is 41.6 Å². The zero-order valence-corrected chi connectivity index (χ0v) is 17.3. The molecule has 0 bridgehead atoms. The molecule has 0 radical (unpaired) electrons.